The lowest BCUT2D eigenvalue weighted by Crippen LogP contribution is -2.38. The highest BCUT2D eigenvalue weighted by Crippen LogP contribution is 2.29. The zero-order chi connectivity index (χ0) is 26.9. The molecule has 0 fully saturated rings. The molecule has 0 saturated heterocycles. The Morgan fingerprint density at radius 3 is 1.78 bits per heavy atom. The van der Waals surface area contributed by atoms with Gasteiger partial charge in [0, 0.05) is 12.1 Å². The summed E-state index contributed by atoms with van der Waals surface area (Å²) >= 11 is 0. The van der Waals surface area contributed by atoms with Crippen LogP contribution in [0.5, 0.6) is 5.75 Å². The van der Waals surface area contributed by atoms with E-state index in [0.29, 0.717) is 17.5 Å². The average molecular weight is 513 g/mol. The van der Waals surface area contributed by atoms with Gasteiger partial charge in [0.1, 0.15) is 31.7 Å². The summed E-state index contributed by atoms with van der Waals surface area (Å²) in [7, 11) is 4.94. The molecule has 36 heavy (non-hydrogen) atoms. The van der Waals surface area contributed by atoms with Crippen molar-refractivity contribution in [1.82, 2.24) is 4.90 Å². The molecule has 0 atom stereocenters. The van der Waals surface area contributed by atoms with Crippen molar-refractivity contribution in [2.45, 2.75) is 0 Å². The Morgan fingerprint density at radius 1 is 0.750 bits per heavy atom. The number of aldehydes is 1. The number of carbonyl (C=O) groups excluding carboxylic acids is 5. The number of carbonyl (C=O) groups is 5. The SMILES string of the molecule is COC(=O)CN(CCOCCOc1cc(C=O)ccc1N(CC(=O)OC)CC(=O)OC)CC(=O)OC. The van der Waals surface area contributed by atoms with Gasteiger partial charge in [-0.05, 0) is 18.2 Å². The third kappa shape index (κ3) is 11.1. The Hall–Kier alpha value is -3.71. The van der Waals surface area contributed by atoms with E-state index in [1.54, 1.807) is 6.07 Å². The molecule has 0 bridgehead atoms. The number of anilines is 1. The van der Waals surface area contributed by atoms with Crippen LogP contribution in [0, 0.1) is 0 Å². The lowest BCUT2D eigenvalue weighted by atomic mass is 10.2. The second-order valence-electron chi connectivity index (χ2n) is 7.18. The molecule has 0 aliphatic rings. The van der Waals surface area contributed by atoms with E-state index < -0.39 is 23.9 Å². The molecule has 1 aromatic carbocycles. The van der Waals surface area contributed by atoms with Crippen molar-refractivity contribution in [3.63, 3.8) is 0 Å². The molecule has 0 aromatic heterocycles. The lowest BCUT2D eigenvalue weighted by molar-refractivity contribution is -0.146. The Bertz CT molecular complexity index is 855. The van der Waals surface area contributed by atoms with E-state index in [-0.39, 0.29) is 58.3 Å². The molecule has 0 unspecified atom stereocenters. The summed E-state index contributed by atoms with van der Waals surface area (Å²) in [6.45, 7) is -0.106. The molecule has 0 aliphatic heterocycles. The predicted octanol–water partition coefficient (Wildman–Crippen LogP) is -0.305. The topological polar surface area (TPSA) is 147 Å². The van der Waals surface area contributed by atoms with Crippen LogP contribution in [-0.2, 0) is 42.9 Å². The molecule has 1 aromatic rings. The summed E-state index contributed by atoms with van der Waals surface area (Å²) in [5.74, 6) is -1.94. The Kier molecular flexibility index (Phi) is 14.2. The van der Waals surface area contributed by atoms with E-state index in [2.05, 4.69) is 9.47 Å². The van der Waals surface area contributed by atoms with E-state index in [9.17, 15) is 24.0 Å². The van der Waals surface area contributed by atoms with Gasteiger partial charge in [-0.25, -0.2) is 0 Å². The van der Waals surface area contributed by atoms with Crippen LogP contribution in [0.3, 0.4) is 0 Å². The van der Waals surface area contributed by atoms with Crippen molar-refractivity contribution < 1.29 is 52.4 Å². The average Bonchev–Trinajstić information content (AvgIpc) is 2.89. The Balaban J connectivity index is 2.78. The quantitative estimate of drug-likeness (QED) is 0.116. The molecule has 0 aliphatic carbocycles. The molecule has 0 radical (unpaired) electrons. The fraction of sp³-hybridized carbons (Fsp3) is 0.522. The molecule has 200 valence electrons. The number of esters is 4. The first-order chi connectivity index (χ1) is 17.3. The molecule has 0 amide bonds. The summed E-state index contributed by atoms with van der Waals surface area (Å²) in [6, 6.07) is 4.53. The zero-order valence-electron chi connectivity index (χ0n) is 20.9. The highest BCUT2D eigenvalue weighted by molar-refractivity contribution is 5.84. The predicted molar refractivity (Wildman–Crippen MR) is 125 cm³/mol. The summed E-state index contributed by atoms with van der Waals surface area (Å²) in [4.78, 5) is 61.0. The maximum atomic E-state index is 11.9. The number of methoxy groups -OCH3 is 4. The fourth-order valence-electron chi connectivity index (χ4n) is 2.86. The van der Waals surface area contributed by atoms with Crippen LogP contribution >= 0.6 is 0 Å². The maximum Gasteiger partial charge on any atom is 0.325 e. The van der Waals surface area contributed by atoms with Gasteiger partial charge in [-0.3, -0.25) is 28.9 Å². The van der Waals surface area contributed by atoms with Crippen molar-refractivity contribution in [2.24, 2.45) is 0 Å². The lowest BCUT2D eigenvalue weighted by Gasteiger charge is -2.25. The van der Waals surface area contributed by atoms with Crippen LogP contribution in [0.15, 0.2) is 18.2 Å². The van der Waals surface area contributed by atoms with Gasteiger partial charge in [0.15, 0.2) is 0 Å². The van der Waals surface area contributed by atoms with E-state index in [4.69, 9.17) is 18.9 Å². The Labute approximate surface area is 209 Å². The normalized spacial score (nSPS) is 10.4. The monoisotopic (exact) mass is 512 g/mol. The largest absolute Gasteiger partial charge is 0.489 e. The molecule has 13 nitrogen and oxygen atoms in total. The first-order valence-corrected chi connectivity index (χ1v) is 10.8. The van der Waals surface area contributed by atoms with Crippen molar-refractivity contribution in [3.05, 3.63) is 23.8 Å². The first kappa shape index (κ1) is 30.3. The van der Waals surface area contributed by atoms with E-state index >= 15 is 0 Å². The third-order valence-corrected chi connectivity index (χ3v) is 4.75. The number of nitrogens with zero attached hydrogens (tertiary/aromatic N) is 2. The standard InChI is InChI=1S/C23H32N2O11/c1-31-20(27)12-24(13-21(28)32-2)7-8-35-9-10-36-19-11-17(16-26)5-6-18(19)25(14-22(29)33-3)15-23(30)34-4/h5-6,11,16H,7-10,12-15H2,1-4H3. The van der Waals surface area contributed by atoms with Gasteiger partial charge in [0.05, 0.1) is 60.4 Å². The minimum absolute atomic E-state index is 0.0631. The van der Waals surface area contributed by atoms with Crippen LogP contribution in [0.1, 0.15) is 10.4 Å². The minimum Gasteiger partial charge on any atom is -0.489 e. The van der Waals surface area contributed by atoms with Crippen molar-refractivity contribution in [3.8, 4) is 5.75 Å². The van der Waals surface area contributed by atoms with Crippen LogP contribution in [-0.4, -0.2) is 116 Å². The molecule has 0 spiro atoms. The van der Waals surface area contributed by atoms with Crippen molar-refractivity contribution in [1.29, 1.82) is 0 Å². The zero-order valence-corrected chi connectivity index (χ0v) is 20.9. The number of hydrogen-bond donors (Lipinski definition) is 0. The first-order valence-electron chi connectivity index (χ1n) is 10.8. The number of ether oxygens (including phenoxy) is 6. The van der Waals surface area contributed by atoms with E-state index in [1.807, 2.05) is 0 Å². The van der Waals surface area contributed by atoms with Crippen molar-refractivity contribution in [2.75, 3.05) is 85.9 Å². The summed E-state index contributed by atoms with van der Waals surface area (Å²) in [5.41, 5.74) is 0.700. The highest BCUT2D eigenvalue weighted by Gasteiger charge is 2.20. The van der Waals surface area contributed by atoms with Gasteiger partial charge < -0.3 is 33.3 Å². The number of benzene rings is 1. The van der Waals surface area contributed by atoms with Gasteiger partial charge in [0.2, 0.25) is 0 Å². The fourth-order valence-corrected chi connectivity index (χ4v) is 2.86. The highest BCUT2D eigenvalue weighted by atomic mass is 16.5. The summed E-state index contributed by atoms with van der Waals surface area (Å²) < 4.78 is 29.9. The smallest absolute Gasteiger partial charge is 0.325 e. The molecule has 0 N–H and O–H groups in total. The van der Waals surface area contributed by atoms with Crippen LogP contribution in [0.2, 0.25) is 0 Å². The maximum absolute atomic E-state index is 11.9. The number of rotatable bonds is 17. The van der Waals surface area contributed by atoms with Gasteiger partial charge in [-0.15, -0.1) is 0 Å². The van der Waals surface area contributed by atoms with Gasteiger partial charge in [-0.1, -0.05) is 0 Å². The summed E-state index contributed by atoms with van der Waals surface area (Å²) in [5, 5.41) is 0. The summed E-state index contributed by atoms with van der Waals surface area (Å²) in [6.07, 6.45) is 0.634. The molecule has 0 heterocycles. The molecule has 13 heteroatoms. The van der Waals surface area contributed by atoms with Crippen LogP contribution < -0.4 is 9.64 Å². The van der Waals surface area contributed by atoms with Crippen LogP contribution in [0.4, 0.5) is 5.69 Å². The number of hydrogen-bond acceptors (Lipinski definition) is 13. The third-order valence-electron chi connectivity index (χ3n) is 4.75. The van der Waals surface area contributed by atoms with E-state index in [0.717, 1.165) is 0 Å². The van der Waals surface area contributed by atoms with Gasteiger partial charge in [0.25, 0.3) is 0 Å². The molecular weight excluding hydrogens is 480 g/mol. The van der Waals surface area contributed by atoms with Crippen molar-refractivity contribution >= 4 is 35.9 Å². The Morgan fingerprint density at radius 2 is 1.28 bits per heavy atom. The van der Waals surface area contributed by atoms with Crippen LogP contribution in [0.25, 0.3) is 0 Å². The van der Waals surface area contributed by atoms with Gasteiger partial charge >= 0.3 is 23.9 Å². The second kappa shape index (κ2) is 16.8. The molecular formula is C23H32N2O11. The minimum atomic E-state index is -0.587. The molecule has 0 saturated carbocycles. The second-order valence-corrected chi connectivity index (χ2v) is 7.18. The molecule has 1 rings (SSSR count). The van der Waals surface area contributed by atoms with Gasteiger partial charge in [-0.2, -0.15) is 0 Å². The van der Waals surface area contributed by atoms with E-state index in [1.165, 1.54) is 50.4 Å².